The second-order valence-electron chi connectivity index (χ2n) is 6.10. The zero-order chi connectivity index (χ0) is 14.3. The maximum Gasteiger partial charge on any atom is 0.408 e. The summed E-state index contributed by atoms with van der Waals surface area (Å²) < 4.78 is 10.1. The number of nitrogens with one attached hydrogen (secondary N) is 1. The van der Waals surface area contributed by atoms with E-state index in [9.17, 15) is 9.59 Å². The molecule has 2 saturated heterocycles. The SMILES string of the molecule is CCOC(=O)CC1N(C)C12CC(C)(C)COC(=O)N2. The van der Waals surface area contributed by atoms with E-state index in [1.54, 1.807) is 6.92 Å². The Morgan fingerprint density at radius 1 is 1.58 bits per heavy atom. The number of hydrogen-bond acceptors (Lipinski definition) is 5. The first kappa shape index (κ1) is 14.1. The van der Waals surface area contributed by atoms with Gasteiger partial charge >= 0.3 is 12.1 Å². The maximum atomic E-state index is 11.7. The first-order chi connectivity index (χ1) is 8.81. The van der Waals surface area contributed by atoms with Crippen LogP contribution in [0.3, 0.4) is 0 Å². The van der Waals surface area contributed by atoms with E-state index in [1.165, 1.54) is 0 Å². The molecule has 0 saturated carbocycles. The average molecular weight is 270 g/mol. The van der Waals surface area contributed by atoms with Gasteiger partial charge in [0.05, 0.1) is 25.7 Å². The van der Waals surface area contributed by atoms with Gasteiger partial charge in [0.1, 0.15) is 5.66 Å². The zero-order valence-electron chi connectivity index (χ0n) is 12.0. The molecule has 2 rings (SSSR count). The molecule has 2 aliphatic heterocycles. The van der Waals surface area contributed by atoms with Crippen molar-refractivity contribution in [2.45, 2.75) is 45.3 Å². The fourth-order valence-corrected chi connectivity index (χ4v) is 2.94. The van der Waals surface area contributed by atoms with Crippen molar-refractivity contribution in [2.75, 3.05) is 20.3 Å². The standard InChI is InChI=1S/C13H22N2O4/c1-5-18-10(16)6-9-13(15(9)4)7-12(2,3)8-19-11(17)14-13/h9H,5-8H2,1-4H3,(H,14,17). The van der Waals surface area contributed by atoms with Crippen LogP contribution in [0.15, 0.2) is 0 Å². The van der Waals surface area contributed by atoms with Crippen LogP contribution in [0, 0.1) is 5.41 Å². The number of hydrogen-bond donors (Lipinski definition) is 1. The number of rotatable bonds is 3. The summed E-state index contributed by atoms with van der Waals surface area (Å²) in [4.78, 5) is 25.3. The van der Waals surface area contributed by atoms with Crippen LogP contribution < -0.4 is 5.32 Å². The van der Waals surface area contributed by atoms with Crippen LogP contribution in [0.5, 0.6) is 0 Å². The van der Waals surface area contributed by atoms with Crippen molar-refractivity contribution < 1.29 is 19.1 Å². The van der Waals surface area contributed by atoms with Crippen LogP contribution in [0.2, 0.25) is 0 Å². The smallest absolute Gasteiger partial charge is 0.408 e. The topological polar surface area (TPSA) is 67.6 Å². The van der Waals surface area contributed by atoms with Gasteiger partial charge < -0.3 is 14.8 Å². The lowest BCUT2D eigenvalue weighted by Crippen LogP contribution is -2.42. The van der Waals surface area contributed by atoms with E-state index in [0.29, 0.717) is 19.6 Å². The number of carbonyl (C=O) groups excluding carboxylic acids is 2. The summed E-state index contributed by atoms with van der Waals surface area (Å²) in [5.41, 5.74) is -0.583. The normalized spacial score (nSPS) is 36.1. The van der Waals surface area contributed by atoms with Crippen LogP contribution in [0.4, 0.5) is 4.79 Å². The van der Waals surface area contributed by atoms with Crippen LogP contribution in [0.25, 0.3) is 0 Å². The molecule has 1 N–H and O–H groups in total. The third-order valence-corrected chi connectivity index (χ3v) is 3.91. The van der Waals surface area contributed by atoms with Crippen molar-refractivity contribution in [1.29, 1.82) is 0 Å². The van der Waals surface area contributed by atoms with E-state index in [0.717, 1.165) is 6.42 Å². The number of carbonyl (C=O) groups is 2. The van der Waals surface area contributed by atoms with Crippen molar-refractivity contribution in [1.82, 2.24) is 10.2 Å². The summed E-state index contributed by atoms with van der Waals surface area (Å²) in [7, 11) is 1.91. The van der Waals surface area contributed by atoms with Gasteiger partial charge in [-0.3, -0.25) is 9.69 Å². The van der Waals surface area contributed by atoms with E-state index >= 15 is 0 Å². The number of amides is 1. The monoisotopic (exact) mass is 270 g/mol. The summed E-state index contributed by atoms with van der Waals surface area (Å²) in [6.45, 7) is 6.67. The van der Waals surface area contributed by atoms with Gasteiger partial charge in [-0.15, -0.1) is 0 Å². The first-order valence-corrected chi connectivity index (χ1v) is 6.64. The Morgan fingerprint density at radius 3 is 2.89 bits per heavy atom. The van der Waals surface area contributed by atoms with Crippen molar-refractivity contribution in [2.24, 2.45) is 5.41 Å². The Morgan fingerprint density at radius 2 is 2.26 bits per heavy atom. The molecule has 2 heterocycles. The number of esters is 1. The minimum Gasteiger partial charge on any atom is -0.466 e. The van der Waals surface area contributed by atoms with Crippen molar-refractivity contribution >= 4 is 12.1 Å². The van der Waals surface area contributed by atoms with E-state index in [2.05, 4.69) is 19.2 Å². The molecule has 0 aromatic rings. The largest absolute Gasteiger partial charge is 0.466 e. The Hall–Kier alpha value is -1.30. The molecular formula is C13H22N2O4. The maximum absolute atomic E-state index is 11.7. The lowest BCUT2D eigenvalue weighted by Gasteiger charge is -2.24. The second kappa shape index (κ2) is 4.67. The highest BCUT2D eigenvalue weighted by molar-refractivity contribution is 5.73. The first-order valence-electron chi connectivity index (χ1n) is 6.64. The molecule has 19 heavy (non-hydrogen) atoms. The summed E-state index contributed by atoms with van der Waals surface area (Å²) in [6.07, 6.45) is 0.635. The quantitative estimate of drug-likeness (QED) is 0.614. The van der Waals surface area contributed by atoms with E-state index in [4.69, 9.17) is 9.47 Å². The molecule has 1 spiro atoms. The number of likely N-dealkylation sites (N-methyl/N-ethyl adjacent to an activating group) is 1. The molecule has 6 nitrogen and oxygen atoms in total. The minimum atomic E-state index is -0.468. The lowest BCUT2D eigenvalue weighted by atomic mass is 9.85. The van der Waals surface area contributed by atoms with Gasteiger partial charge in [0, 0.05) is 5.41 Å². The van der Waals surface area contributed by atoms with Crippen molar-refractivity contribution in [3.05, 3.63) is 0 Å². The molecule has 0 aromatic heterocycles. The zero-order valence-corrected chi connectivity index (χ0v) is 12.0. The Labute approximate surface area is 113 Å². The molecular weight excluding hydrogens is 248 g/mol. The summed E-state index contributed by atoms with van der Waals surface area (Å²) in [5, 5.41) is 2.89. The minimum absolute atomic E-state index is 0.0172. The molecule has 0 bridgehead atoms. The third kappa shape index (κ3) is 2.68. The molecule has 6 heteroatoms. The summed E-state index contributed by atoms with van der Waals surface area (Å²) >= 11 is 0. The highest BCUT2D eigenvalue weighted by Crippen LogP contribution is 2.48. The molecule has 3 unspecified atom stereocenters. The molecule has 0 aliphatic carbocycles. The molecule has 1 amide bonds. The van der Waals surface area contributed by atoms with Crippen LogP contribution >= 0.6 is 0 Å². The van der Waals surface area contributed by atoms with E-state index in [-0.39, 0.29) is 17.4 Å². The summed E-state index contributed by atoms with van der Waals surface area (Å²) in [6, 6.07) is -0.0172. The van der Waals surface area contributed by atoms with Gasteiger partial charge in [-0.25, -0.2) is 4.79 Å². The number of nitrogens with zero attached hydrogens (tertiary/aromatic N) is 1. The molecule has 0 radical (unpaired) electrons. The predicted molar refractivity (Wildman–Crippen MR) is 68.4 cm³/mol. The average Bonchev–Trinajstić information content (AvgIpc) is 2.84. The Bertz CT molecular complexity index is 396. The number of ether oxygens (including phenoxy) is 2. The van der Waals surface area contributed by atoms with Gasteiger partial charge in [0.25, 0.3) is 0 Å². The number of alkyl carbamates (subject to hydrolysis) is 1. The van der Waals surface area contributed by atoms with Crippen LogP contribution in [-0.4, -0.2) is 48.9 Å². The molecule has 2 fully saturated rings. The van der Waals surface area contributed by atoms with Gasteiger partial charge in [-0.2, -0.15) is 0 Å². The van der Waals surface area contributed by atoms with Crippen molar-refractivity contribution in [3.63, 3.8) is 0 Å². The Balaban J connectivity index is 2.09. The van der Waals surface area contributed by atoms with Gasteiger partial charge in [-0.05, 0) is 20.4 Å². The van der Waals surface area contributed by atoms with E-state index < -0.39 is 11.8 Å². The third-order valence-electron chi connectivity index (χ3n) is 3.91. The highest BCUT2D eigenvalue weighted by Gasteiger charge is 2.64. The lowest BCUT2D eigenvalue weighted by molar-refractivity contribution is -0.143. The van der Waals surface area contributed by atoms with Crippen LogP contribution in [-0.2, 0) is 14.3 Å². The fraction of sp³-hybridized carbons (Fsp3) is 0.846. The molecule has 108 valence electrons. The summed E-state index contributed by atoms with van der Waals surface area (Å²) in [5.74, 6) is -0.228. The van der Waals surface area contributed by atoms with Crippen LogP contribution in [0.1, 0.15) is 33.6 Å². The van der Waals surface area contributed by atoms with E-state index in [1.807, 2.05) is 11.9 Å². The number of cyclic esters (lactones) is 1. The predicted octanol–water partition coefficient (Wildman–Crippen LogP) is 1.11. The van der Waals surface area contributed by atoms with Gasteiger partial charge in [0.15, 0.2) is 0 Å². The molecule has 0 aromatic carbocycles. The van der Waals surface area contributed by atoms with Gasteiger partial charge in [0.2, 0.25) is 0 Å². The molecule has 2 aliphatic rings. The van der Waals surface area contributed by atoms with Crippen molar-refractivity contribution in [3.8, 4) is 0 Å². The fourth-order valence-electron chi connectivity index (χ4n) is 2.94. The second-order valence-corrected chi connectivity index (χ2v) is 6.10. The van der Waals surface area contributed by atoms with Gasteiger partial charge in [-0.1, -0.05) is 13.8 Å². The molecule has 3 atom stereocenters. The Kier molecular flexibility index (Phi) is 3.47. The highest BCUT2D eigenvalue weighted by atomic mass is 16.6.